The lowest BCUT2D eigenvalue weighted by atomic mass is 9.87. The van der Waals surface area contributed by atoms with Gasteiger partial charge in [-0.25, -0.2) is 4.98 Å². The van der Waals surface area contributed by atoms with Crippen molar-refractivity contribution in [3.05, 3.63) is 10.5 Å². The fraction of sp³-hybridized carbons (Fsp3) is 0.667. The van der Waals surface area contributed by atoms with Crippen LogP contribution in [-0.2, 0) is 0 Å². The molecule has 0 aliphatic rings. The number of anilines is 1. The van der Waals surface area contributed by atoms with Gasteiger partial charge < -0.3 is 11.1 Å². The van der Waals surface area contributed by atoms with Gasteiger partial charge in [0.25, 0.3) is 0 Å². The van der Waals surface area contributed by atoms with Crippen molar-refractivity contribution in [3.8, 4) is 0 Å². The van der Waals surface area contributed by atoms with E-state index in [9.17, 15) is 0 Å². The fourth-order valence-corrected chi connectivity index (χ4v) is 1.99. The molecule has 0 radical (unpaired) electrons. The highest BCUT2D eigenvalue weighted by molar-refractivity contribution is 7.14. The molecule has 5 heteroatoms. The van der Waals surface area contributed by atoms with E-state index in [1.807, 2.05) is 0 Å². The van der Waals surface area contributed by atoms with Gasteiger partial charge in [0.2, 0.25) is 0 Å². The van der Waals surface area contributed by atoms with Gasteiger partial charge in [-0.05, 0) is 5.41 Å². The lowest BCUT2D eigenvalue weighted by molar-refractivity contribution is 0.346. The third kappa shape index (κ3) is 3.12. The molecule has 0 spiro atoms. The number of nitrogens with two attached hydrogens (primary N) is 1. The fourth-order valence-electron chi connectivity index (χ4n) is 1.10. The van der Waals surface area contributed by atoms with Gasteiger partial charge in [0, 0.05) is 18.0 Å². The number of hydrogen-bond donors (Lipinski definition) is 2. The number of rotatable bonds is 3. The Morgan fingerprint density at radius 1 is 1.64 bits per heavy atom. The van der Waals surface area contributed by atoms with Crippen LogP contribution in [0.5, 0.6) is 0 Å². The van der Waals surface area contributed by atoms with E-state index in [1.165, 1.54) is 11.3 Å². The molecule has 1 unspecified atom stereocenters. The first-order valence-electron chi connectivity index (χ1n) is 4.51. The Balaban J connectivity index is 2.66. The Morgan fingerprint density at radius 2 is 2.29 bits per heavy atom. The van der Waals surface area contributed by atoms with Crippen LogP contribution in [0.1, 0.15) is 20.8 Å². The maximum absolute atomic E-state index is 5.73. The SMILES string of the molecule is CC(C)(C)C(CN)Nc1nc(Cl)cs1. The second kappa shape index (κ2) is 4.47. The quantitative estimate of drug-likeness (QED) is 0.844. The van der Waals surface area contributed by atoms with E-state index < -0.39 is 0 Å². The van der Waals surface area contributed by atoms with E-state index in [4.69, 9.17) is 17.3 Å². The Kier molecular flexibility index (Phi) is 3.75. The van der Waals surface area contributed by atoms with E-state index in [0.717, 1.165) is 5.13 Å². The number of thiazole rings is 1. The number of hydrogen-bond acceptors (Lipinski definition) is 4. The summed E-state index contributed by atoms with van der Waals surface area (Å²) in [6.45, 7) is 7.02. The van der Waals surface area contributed by atoms with E-state index in [2.05, 4.69) is 31.1 Å². The minimum atomic E-state index is 0.118. The Bertz CT molecular complexity index is 292. The smallest absolute Gasteiger partial charge is 0.184 e. The largest absolute Gasteiger partial charge is 0.357 e. The minimum Gasteiger partial charge on any atom is -0.357 e. The molecule has 0 fully saturated rings. The summed E-state index contributed by atoms with van der Waals surface area (Å²) < 4.78 is 0. The Morgan fingerprint density at radius 3 is 2.64 bits per heavy atom. The molecule has 1 aromatic heterocycles. The highest BCUT2D eigenvalue weighted by atomic mass is 35.5. The Labute approximate surface area is 93.7 Å². The third-order valence-electron chi connectivity index (χ3n) is 2.05. The first kappa shape index (κ1) is 11.8. The van der Waals surface area contributed by atoms with E-state index in [0.29, 0.717) is 11.7 Å². The molecule has 80 valence electrons. The molecule has 0 saturated heterocycles. The normalized spacial score (nSPS) is 14.1. The van der Waals surface area contributed by atoms with Crippen LogP contribution in [-0.4, -0.2) is 17.6 Å². The lowest BCUT2D eigenvalue weighted by Crippen LogP contribution is -2.40. The van der Waals surface area contributed by atoms with Gasteiger partial charge in [0.05, 0.1) is 0 Å². The summed E-state index contributed by atoms with van der Waals surface area (Å²) in [6, 6.07) is 0.213. The molecule has 0 aliphatic carbocycles. The molecule has 0 bridgehead atoms. The molecule has 0 aromatic carbocycles. The van der Waals surface area contributed by atoms with Crippen molar-refractivity contribution in [2.24, 2.45) is 11.1 Å². The number of halogens is 1. The van der Waals surface area contributed by atoms with Gasteiger partial charge in [-0.15, -0.1) is 11.3 Å². The van der Waals surface area contributed by atoms with Crippen molar-refractivity contribution in [1.29, 1.82) is 0 Å². The minimum absolute atomic E-state index is 0.118. The number of aromatic nitrogens is 1. The van der Waals surface area contributed by atoms with Crippen LogP contribution in [0.2, 0.25) is 5.15 Å². The molecule has 1 atom stereocenters. The second-order valence-electron chi connectivity index (χ2n) is 4.27. The zero-order chi connectivity index (χ0) is 10.8. The van der Waals surface area contributed by atoms with E-state index in [-0.39, 0.29) is 11.5 Å². The monoisotopic (exact) mass is 233 g/mol. The zero-order valence-corrected chi connectivity index (χ0v) is 10.2. The molecule has 0 saturated carbocycles. The molecule has 0 aliphatic heterocycles. The maximum Gasteiger partial charge on any atom is 0.184 e. The first-order chi connectivity index (χ1) is 6.43. The molecule has 1 rings (SSSR count). The Hall–Kier alpha value is -0.320. The van der Waals surface area contributed by atoms with Crippen LogP contribution < -0.4 is 11.1 Å². The number of nitrogens with one attached hydrogen (secondary N) is 1. The average Bonchev–Trinajstić information content (AvgIpc) is 2.45. The summed E-state index contributed by atoms with van der Waals surface area (Å²) in [5, 5.41) is 6.46. The third-order valence-corrected chi connectivity index (χ3v) is 3.15. The molecule has 1 heterocycles. The van der Waals surface area contributed by atoms with Crippen LogP contribution in [0.3, 0.4) is 0 Å². The van der Waals surface area contributed by atoms with Gasteiger partial charge in [-0.2, -0.15) is 0 Å². The van der Waals surface area contributed by atoms with Crippen LogP contribution in [0.4, 0.5) is 5.13 Å². The predicted octanol–water partition coefficient (Wildman–Crippen LogP) is 2.58. The standard InChI is InChI=1S/C9H16ClN3S/c1-9(2,3)6(4-11)12-8-13-7(10)5-14-8/h5-6H,4,11H2,1-3H3,(H,12,13). The van der Waals surface area contributed by atoms with Gasteiger partial charge in [0.1, 0.15) is 5.15 Å². The number of nitrogens with zero attached hydrogens (tertiary/aromatic N) is 1. The average molecular weight is 234 g/mol. The maximum atomic E-state index is 5.73. The van der Waals surface area contributed by atoms with Crippen LogP contribution >= 0.6 is 22.9 Å². The van der Waals surface area contributed by atoms with Crippen molar-refractivity contribution in [2.75, 3.05) is 11.9 Å². The summed E-state index contributed by atoms with van der Waals surface area (Å²) in [4.78, 5) is 4.13. The summed E-state index contributed by atoms with van der Waals surface area (Å²) in [6.07, 6.45) is 0. The molecule has 3 nitrogen and oxygen atoms in total. The molecule has 1 aromatic rings. The molecular weight excluding hydrogens is 218 g/mol. The van der Waals surface area contributed by atoms with Crippen molar-refractivity contribution < 1.29 is 0 Å². The lowest BCUT2D eigenvalue weighted by Gasteiger charge is -2.30. The molecule has 0 amide bonds. The van der Waals surface area contributed by atoms with Crippen LogP contribution in [0, 0.1) is 5.41 Å². The highest BCUT2D eigenvalue weighted by Gasteiger charge is 2.23. The first-order valence-corrected chi connectivity index (χ1v) is 5.77. The summed E-state index contributed by atoms with van der Waals surface area (Å²) >= 11 is 7.23. The van der Waals surface area contributed by atoms with Crippen molar-refractivity contribution in [3.63, 3.8) is 0 Å². The van der Waals surface area contributed by atoms with Gasteiger partial charge in [-0.3, -0.25) is 0 Å². The van der Waals surface area contributed by atoms with Gasteiger partial charge >= 0.3 is 0 Å². The zero-order valence-electron chi connectivity index (χ0n) is 8.67. The van der Waals surface area contributed by atoms with E-state index in [1.54, 1.807) is 5.38 Å². The van der Waals surface area contributed by atoms with Gasteiger partial charge in [0.15, 0.2) is 5.13 Å². The molecule has 14 heavy (non-hydrogen) atoms. The van der Waals surface area contributed by atoms with Crippen molar-refractivity contribution >= 4 is 28.1 Å². The van der Waals surface area contributed by atoms with Gasteiger partial charge in [-0.1, -0.05) is 32.4 Å². The molecule has 3 N–H and O–H groups in total. The van der Waals surface area contributed by atoms with Crippen LogP contribution in [0.25, 0.3) is 0 Å². The van der Waals surface area contributed by atoms with Crippen molar-refractivity contribution in [1.82, 2.24) is 4.98 Å². The molecular formula is C9H16ClN3S. The predicted molar refractivity (Wildman–Crippen MR) is 63.0 cm³/mol. The van der Waals surface area contributed by atoms with Crippen LogP contribution in [0.15, 0.2) is 5.38 Å². The topological polar surface area (TPSA) is 50.9 Å². The van der Waals surface area contributed by atoms with E-state index >= 15 is 0 Å². The highest BCUT2D eigenvalue weighted by Crippen LogP contribution is 2.25. The summed E-state index contributed by atoms with van der Waals surface area (Å²) in [5.74, 6) is 0. The van der Waals surface area contributed by atoms with Crippen molar-refractivity contribution in [2.45, 2.75) is 26.8 Å². The summed E-state index contributed by atoms with van der Waals surface area (Å²) in [7, 11) is 0. The second-order valence-corrected chi connectivity index (χ2v) is 5.52. The summed E-state index contributed by atoms with van der Waals surface area (Å²) in [5.41, 5.74) is 5.81.